The molecule has 0 amide bonds. The van der Waals surface area contributed by atoms with Gasteiger partial charge in [0.25, 0.3) is 0 Å². The van der Waals surface area contributed by atoms with Gasteiger partial charge in [0, 0.05) is 38.0 Å². The molecular weight excluding hydrogens is 261 g/mol. The average molecular weight is 291 g/mol. The molecule has 90 valence electrons. The fraction of sp³-hybridized carbons (Fsp3) is 1.00. The second kappa shape index (κ2) is 4.40. The van der Waals surface area contributed by atoms with Crippen LogP contribution in [-0.2, 0) is 0 Å². The van der Waals surface area contributed by atoms with Crippen LogP contribution in [0.4, 0.5) is 0 Å². The molecule has 15 heavy (non-hydrogen) atoms. The van der Waals surface area contributed by atoms with Crippen LogP contribution in [0.5, 0.6) is 0 Å². The lowest BCUT2D eigenvalue weighted by molar-refractivity contribution is 1.74. The first-order valence-electron chi connectivity index (χ1n) is 6.00. The van der Waals surface area contributed by atoms with Crippen LogP contribution >= 0.6 is 0 Å². The second-order valence-corrected chi connectivity index (χ2v) is 55.1. The van der Waals surface area contributed by atoms with Crippen molar-refractivity contribution in [3.05, 3.63) is 0 Å². The van der Waals surface area contributed by atoms with E-state index in [0.717, 1.165) is 0 Å². The average Bonchev–Trinajstić information content (AvgIpc) is 2.01. The summed E-state index contributed by atoms with van der Waals surface area (Å²) in [7, 11) is -2.43. The highest BCUT2D eigenvalue weighted by Crippen LogP contribution is 2.34. The lowest BCUT2D eigenvalue weighted by atomic mass is 11.8. The first-order valence-corrected chi connectivity index (χ1v) is 24.0. The summed E-state index contributed by atoms with van der Waals surface area (Å²) in [5.41, 5.74) is 0. The van der Waals surface area contributed by atoms with Crippen LogP contribution in [0, 0.1) is 0 Å². The number of hydrogen-bond donors (Lipinski definition) is 0. The van der Waals surface area contributed by atoms with Gasteiger partial charge in [-0.25, -0.2) is 0 Å². The highest BCUT2D eigenvalue weighted by Gasteiger charge is 2.56. The summed E-state index contributed by atoms with van der Waals surface area (Å²) in [6.07, 6.45) is 0. The molecule has 0 spiro atoms. The quantitative estimate of drug-likeness (QED) is 0.688. The van der Waals surface area contributed by atoms with Crippen LogP contribution in [0.25, 0.3) is 0 Å². The standard InChI is InChI=1S/C10H30Si5/c1-11-13(5,6)15(9,10)14(7,8)12(2,3)4/h1-10H3. The Kier molecular flexibility index (Phi) is 4.72. The van der Waals surface area contributed by atoms with E-state index in [1.54, 1.807) is 0 Å². The fourth-order valence-corrected chi connectivity index (χ4v) is 88.6. The zero-order valence-electron chi connectivity index (χ0n) is 12.5. The van der Waals surface area contributed by atoms with E-state index < -0.39 is 28.9 Å². The third-order valence-corrected chi connectivity index (χ3v) is 86.6. The molecule has 0 saturated heterocycles. The highest BCUT2D eigenvalue weighted by atomic mass is 29.9. The van der Waals surface area contributed by atoms with Crippen molar-refractivity contribution in [1.82, 2.24) is 0 Å². The molecule has 0 aliphatic carbocycles. The molecule has 0 aliphatic rings. The van der Waals surface area contributed by atoms with Crippen molar-refractivity contribution in [2.24, 2.45) is 0 Å². The molecule has 0 aromatic heterocycles. The van der Waals surface area contributed by atoms with Gasteiger partial charge in [-0.05, 0) is 0 Å². The Hall–Kier alpha value is 1.08. The summed E-state index contributed by atoms with van der Waals surface area (Å²) in [5, 5.41) is 0. The Labute approximate surface area is 103 Å². The zero-order valence-corrected chi connectivity index (χ0v) is 17.5. The van der Waals surface area contributed by atoms with Crippen LogP contribution in [0.3, 0.4) is 0 Å². The van der Waals surface area contributed by atoms with Crippen LogP contribution in [0.2, 0.25) is 65.5 Å². The van der Waals surface area contributed by atoms with Crippen LogP contribution in [-0.4, -0.2) is 38.0 Å². The molecule has 0 bridgehead atoms. The van der Waals surface area contributed by atoms with Gasteiger partial charge >= 0.3 is 0 Å². The van der Waals surface area contributed by atoms with Gasteiger partial charge in [0.1, 0.15) is 0 Å². The maximum absolute atomic E-state index is 2.74. The Morgan fingerprint density at radius 2 is 0.933 bits per heavy atom. The van der Waals surface area contributed by atoms with Crippen molar-refractivity contribution in [1.29, 1.82) is 0 Å². The van der Waals surface area contributed by atoms with E-state index in [0.29, 0.717) is 0 Å². The number of hydrogen-bond acceptors (Lipinski definition) is 0. The Bertz CT molecular complexity index is 224. The lowest BCUT2D eigenvalue weighted by Gasteiger charge is -2.54. The molecule has 0 unspecified atom stereocenters. The summed E-state index contributed by atoms with van der Waals surface area (Å²) in [6.45, 7) is 26.6. The van der Waals surface area contributed by atoms with E-state index in [1.807, 2.05) is 0 Å². The summed E-state index contributed by atoms with van der Waals surface area (Å²) in [5.74, 6) is 0. The third-order valence-electron chi connectivity index (χ3n) is 5.62. The van der Waals surface area contributed by atoms with Crippen molar-refractivity contribution in [2.75, 3.05) is 0 Å². The maximum atomic E-state index is 2.74. The summed E-state index contributed by atoms with van der Waals surface area (Å²) < 4.78 is 0. The molecule has 0 saturated carbocycles. The second-order valence-electron chi connectivity index (χ2n) is 7.38. The van der Waals surface area contributed by atoms with Gasteiger partial charge < -0.3 is 0 Å². The monoisotopic (exact) mass is 290 g/mol. The first kappa shape index (κ1) is 16.1. The van der Waals surface area contributed by atoms with Crippen molar-refractivity contribution in [3.63, 3.8) is 0 Å². The van der Waals surface area contributed by atoms with Crippen LogP contribution in [0.1, 0.15) is 0 Å². The summed E-state index contributed by atoms with van der Waals surface area (Å²) in [4.78, 5) is 0. The molecule has 0 N–H and O–H groups in total. The Morgan fingerprint density at radius 3 is 1.13 bits per heavy atom. The molecule has 0 aromatic carbocycles. The van der Waals surface area contributed by atoms with Crippen molar-refractivity contribution in [2.45, 2.75) is 65.5 Å². The van der Waals surface area contributed by atoms with Gasteiger partial charge in [-0.1, -0.05) is 65.5 Å². The maximum Gasteiger partial charge on any atom is 0.0354 e. The van der Waals surface area contributed by atoms with Gasteiger partial charge in [-0.2, -0.15) is 0 Å². The minimum Gasteiger partial charge on any atom is -0.0756 e. The molecule has 5 heteroatoms. The molecule has 0 aliphatic heterocycles. The van der Waals surface area contributed by atoms with Crippen molar-refractivity contribution >= 4 is 38.0 Å². The Morgan fingerprint density at radius 1 is 0.600 bits per heavy atom. The van der Waals surface area contributed by atoms with Gasteiger partial charge in [-0.15, -0.1) is 0 Å². The SMILES string of the molecule is C[Si][Si](C)(C)[Si](C)(C)[Si](C)(C)[Si](C)(C)C. The van der Waals surface area contributed by atoms with E-state index in [1.165, 1.54) is 9.04 Å². The van der Waals surface area contributed by atoms with Gasteiger partial charge in [0.15, 0.2) is 0 Å². The van der Waals surface area contributed by atoms with Crippen LogP contribution in [0.15, 0.2) is 0 Å². The van der Waals surface area contributed by atoms with E-state index in [2.05, 4.69) is 65.5 Å². The number of rotatable bonds is 4. The molecule has 0 aromatic rings. The van der Waals surface area contributed by atoms with Gasteiger partial charge in [0.05, 0.1) is 0 Å². The summed E-state index contributed by atoms with van der Waals surface area (Å²) >= 11 is 0. The Balaban J connectivity index is 5.38. The predicted octanol–water partition coefficient (Wildman–Crippen LogP) is 3.93. The van der Waals surface area contributed by atoms with Crippen molar-refractivity contribution in [3.8, 4) is 0 Å². The van der Waals surface area contributed by atoms with E-state index in [4.69, 9.17) is 0 Å². The van der Waals surface area contributed by atoms with E-state index >= 15 is 0 Å². The van der Waals surface area contributed by atoms with Gasteiger partial charge in [0.2, 0.25) is 0 Å². The van der Waals surface area contributed by atoms with E-state index in [-0.39, 0.29) is 0 Å². The highest BCUT2D eigenvalue weighted by molar-refractivity contribution is 7.88. The fourth-order valence-electron chi connectivity index (χ4n) is 2.03. The molecule has 0 nitrogen and oxygen atoms in total. The van der Waals surface area contributed by atoms with E-state index in [9.17, 15) is 0 Å². The molecule has 0 fully saturated rings. The molecule has 0 rings (SSSR count). The molecule has 0 atom stereocenters. The predicted molar refractivity (Wildman–Crippen MR) is 87.4 cm³/mol. The van der Waals surface area contributed by atoms with Gasteiger partial charge in [-0.3, -0.25) is 0 Å². The first-order chi connectivity index (χ1) is 6.31. The van der Waals surface area contributed by atoms with Crippen LogP contribution < -0.4 is 0 Å². The third kappa shape index (κ3) is 2.67. The molecular formula is C10H30Si5. The zero-order chi connectivity index (χ0) is 12.7. The summed E-state index contributed by atoms with van der Waals surface area (Å²) in [6, 6.07) is 0. The normalized spacial score (nSPS) is 15.6. The smallest absolute Gasteiger partial charge is 0.0354 e. The lowest BCUT2D eigenvalue weighted by Crippen LogP contribution is -2.79. The molecule has 2 radical (unpaired) electrons. The minimum atomic E-state index is -0.942. The molecule has 0 heterocycles. The van der Waals surface area contributed by atoms with Crippen molar-refractivity contribution < 1.29 is 0 Å². The minimum absolute atomic E-state index is 0.887. The topological polar surface area (TPSA) is 0 Å². The largest absolute Gasteiger partial charge is 0.0756 e.